The van der Waals surface area contributed by atoms with Gasteiger partial charge in [0.2, 0.25) is 0 Å². The molecule has 0 N–H and O–H groups in total. The van der Waals surface area contributed by atoms with E-state index in [4.69, 9.17) is 11.6 Å². The van der Waals surface area contributed by atoms with Crippen LogP contribution in [0.3, 0.4) is 0 Å². The summed E-state index contributed by atoms with van der Waals surface area (Å²) in [5.74, 6) is 0. The molecule has 0 aliphatic heterocycles. The van der Waals surface area contributed by atoms with Gasteiger partial charge in [0.05, 0.1) is 0 Å². The van der Waals surface area contributed by atoms with Gasteiger partial charge < -0.3 is 0 Å². The summed E-state index contributed by atoms with van der Waals surface area (Å²) in [5.41, 5.74) is 0. The summed E-state index contributed by atoms with van der Waals surface area (Å²) in [4.78, 5) is 3.77. The average Bonchev–Trinajstić information content (AvgIpc) is 1.65. The summed E-state index contributed by atoms with van der Waals surface area (Å²) in [6.07, 6.45) is 0. The molecule has 0 amide bonds. The third kappa shape index (κ3) is 4.47. The van der Waals surface area contributed by atoms with Crippen molar-refractivity contribution >= 4 is 27.9 Å². The highest BCUT2D eigenvalue weighted by Crippen LogP contribution is 2.13. The van der Waals surface area contributed by atoms with Gasteiger partial charge in [-0.3, -0.25) is 4.99 Å². The second-order valence-corrected chi connectivity index (χ2v) is 3.79. The summed E-state index contributed by atoms with van der Waals surface area (Å²) in [7, 11) is 1.69. The van der Waals surface area contributed by atoms with Crippen molar-refractivity contribution in [1.82, 2.24) is 0 Å². The van der Waals surface area contributed by atoms with Crippen LogP contribution in [0.15, 0.2) is 4.99 Å². The highest BCUT2D eigenvalue weighted by molar-refractivity contribution is 8.17. The maximum Gasteiger partial charge on any atom is 0.158 e. The monoisotopic (exact) mass is 151 g/mol. The molecule has 0 bridgehead atoms. The van der Waals surface area contributed by atoms with E-state index in [9.17, 15) is 0 Å². The molecule has 0 radical (unpaired) electrons. The number of halogens is 1. The Morgan fingerprint density at radius 1 is 1.62 bits per heavy atom. The predicted molar refractivity (Wildman–Crippen MR) is 41.9 cm³/mol. The molecule has 0 aliphatic carbocycles. The van der Waals surface area contributed by atoms with E-state index in [1.54, 1.807) is 18.8 Å². The van der Waals surface area contributed by atoms with Crippen molar-refractivity contribution in [2.75, 3.05) is 7.05 Å². The van der Waals surface area contributed by atoms with Crippen LogP contribution in [0.1, 0.15) is 13.8 Å². The first-order valence-electron chi connectivity index (χ1n) is 2.45. The molecule has 0 saturated heterocycles. The minimum Gasteiger partial charge on any atom is -0.271 e. The van der Waals surface area contributed by atoms with Gasteiger partial charge in [-0.15, -0.1) is 0 Å². The number of hydrogen-bond acceptors (Lipinski definition) is 2. The van der Waals surface area contributed by atoms with Gasteiger partial charge in [-0.1, -0.05) is 37.2 Å². The first kappa shape index (κ1) is 8.31. The fraction of sp³-hybridized carbons (Fsp3) is 0.800. The maximum atomic E-state index is 5.57. The molecule has 0 aromatic rings. The van der Waals surface area contributed by atoms with Crippen LogP contribution in [0.5, 0.6) is 0 Å². The van der Waals surface area contributed by atoms with Crippen molar-refractivity contribution in [2.45, 2.75) is 19.1 Å². The zero-order valence-corrected chi connectivity index (χ0v) is 6.88. The molecule has 8 heavy (non-hydrogen) atoms. The van der Waals surface area contributed by atoms with E-state index in [-0.39, 0.29) is 0 Å². The van der Waals surface area contributed by atoms with Gasteiger partial charge >= 0.3 is 0 Å². The Bertz CT molecular complexity index is 90.4. The zero-order chi connectivity index (χ0) is 6.57. The van der Waals surface area contributed by atoms with Crippen LogP contribution in [0.4, 0.5) is 0 Å². The Hall–Kier alpha value is 0.310. The maximum absolute atomic E-state index is 5.57. The Morgan fingerprint density at radius 3 is 2.25 bits per heavy atom. The minimum atomic E-state index is 0.534. The van der Waals surface area contributed by atoms with Crippen molar-refractivity contribution in [3.05, 3.63) is 0 Å². The van der Waals surface area contributed by atoms with Crippen LogP contribution < -0.4 is 0 Å². The molecule has 0 atom stereocenters. The van der Waals surface area contributed by atoms with Gasteiger partial charge in [0.1, 0.15) is 0 Å². The first-order chi connectivity index (χ1) is 3.66. The number of aliphatic imine (C=N–C) groups is 1. The van der Waals surface area contributed by atoms with Crippen LogP contribution in [-0.4, -0.2) is 16.8 Å². The van der Waals surface area contributed by atoms with Crippen molar-refractivity contribution in [3.8, 4) is 0 Å². The lowest BCUT2D eigenvalue weighted by molar-refractivity contribution is 1.12. The molecule has 1 nitrogen and oxygen atoms in total. The zero-order valence-electron chi connectivity index (χ0n) is 5.31. The molecule has 0 spiro atoms. The van der Waals surface area contributed by atoms with Crippen molar-refractivity contribution in [3.63, 3.8) is 0 Å². The van der Waals surface area contributed by atoms with E-state index in [2.05, 4.69) is 18.8 Å². The van der Waals surface area contributed by atoms with Crippen LogP contribution >= 0.6 is 23.4 Å². The van der Waals surface area contributed by atoms with Gasteiger partial charge in [0.25, 0.3) is 0 Å². The summed E-state index contributed by atoms with van der Waals surface area (Å²) in [5, 5.41) is 0.534. The van der Waals surface area contributed by atoms with E-state index in [0.717, 1.165) is 0 Å². The van der Waals surface area contributed by atoms with Crippen molar-refractivity contribution in [2.24, 2.45) is 4.99 Å². The van der Waals surface area contributed by atoms with E-state index in [1.165, 1.54) is 0 Å². The Balaban J connectivity index is 3.39. The quantitative estimate of drug-likeness (QED) is 0.414. The Morgan fingerprint density at radius 2 is 2.12 bits per heavy atom. The molecule has 0 aromatic carbocycles. The normalized spacial score (nSPS) is 12.9. The lowest BCUT2D eigenvalue weighted by Gasteiger charge is -1.98. The molecule has 0 heterocycles. The minimum absolute atomic E-state index is 0.534. The third-order valence-electron chi connectivity index (χ3n) is 0.509. The second kappa shape index (κ2) is 4.21. The highest BCUT2D eigenvalue weighted by atomic mass is 35.5. The molecule has 3 heteroatoms. The molecule has 0 aromatic heterocycles. The van der Waals surface area contributed by atoms with Gasteiger partial charge in [-0.2, -0.15) is 0 Å². The molecule has 0 aliphatic rings. The first-order valence-corrected chi connectivity index (χ1v) is 3.71. The predicted octanol–water partition coefficient (Wildman–Crippen LogP) is 2.35. The van der Waals surface area contributed by atoms with Crippen molar-refractivity contribution in [1.29, 1.82) is 0 Å². The van der Waals surface area contributed by atoms with E-state index < -0.39 is 0 Å². The van der Waals surface area contributed by atoms with Crippen LogP contribution in [0, 0.1) is 0 Å². The summed E-state index contributed by atoms with van der Waals surface area (Å²) < 4.78 is 0.639. The molecule has 48 valence electrons. The molecule has 0 unspecified atom stereocenters. The van der Waals surface area contributed by atoms with E-state index in [0.29, 0.717) is 9.75 Å². The number of hydrogen-bond donors (Lipinski definition) is 0. The fourth-order valence-electron chi connectivity index (χ4n) is 0.247. The summed E-state index contributed by atoms with van der Waals surface area (Å²) >= 11 is 7.14. The standard InChI is InChI=1S/C5H10ClNS/c1-4(2)8-5(6)7-3/h4H,1-3H3. The molecule has 0 fully saturated rings. The highest BCUT2D eigenvalue weighted by Gasteiger charge is 1.96. The Kier molecular flexibility index (Phi) is 4.38. The van der Waals surface area contributed by atoms with Crippen molar-refractivity contribution < 1.29 is 0 Å². The lowest BCUT2D eigenvalue weighted by atomic mass is 10.6. The Labute approximate surface area is 59.5 Å². The lowest BCUT2D eigenvalue weighted by Crippen LogP contribution is -1.89. The van der Waals surface area contributed by atoms with Crippen LogP contribution in [0.2, 0.25) is 0 Å². The SMILES string of the molecule is CN=C(Cl)SC(C)C. The van der Waals surface area contributed by atoms with Crippen LogP contribution in [0.25, 0.3) is 0 Å². The smallest absolute Gasteiger partial charge is 0.158 e. The fourth-order valence-corrected chi connectivity index (χ4v) is 1.28. The van der Waals surface area contributed by atoms with Gasteiger partial charge in [0.15, 0.2) is 4.50 Å². The number of rotatable bonds is 1. The van der Waals surface area contributed by atoms with E-state index >= 15 is 0 Å². The number of nitrogens with zero attached hydrogens (tertiary/aromatic N) is 1. The summed E-state index contributed by atoms with van der Waals surface area (Å²) in [6, 6.07) is 0. The molecule has 0 rings (SSSR count). The summed E-state index contributed by atoms with van der Waals surface area (Å²) in [6.45, 7) is 4.16. The molecule has 0 saturated carbocycles. The second-order valence-electron chi connectivity index (χ2n) is 1.64. The van der Waals surface area contributed by atoms with Crippen LogP contribution in [-0.2, 0) is 0 Å². The average molecular weight is 152 g/mol. The molecular weight excluding hydrogens is 142 g/mol. The molecular formula is C5H10ClNS. The van der Waals surface area contributed by atoms with Gasteiger partial charge in [-0.05, 0) is 0 Å². The van der Waals surface area contributed by atoms with Gasteiger partial charge in [-0.25, -0.2) is 0 Å². The topological polar surface area (TPSA) is 12.4 Å². The largest absolute Gasteiger partial charge is 0.271 e. The van der Waals surface area contributed by atoms with E-state index in [1.807, 2.05) is 0 Å². The number of thioether (sulfide) groups is 1. The third-order valence-corrected chi connectivity index (χ3v) is 1.79. The van der Waals surface area contributed by atoms with Gasteiger partial charge in [0, 0.05) is 12.3 Å².